The van der Waals surface area contributed by atoms with E-state index in [1.54, 1.807) is 13.8 Å². The standard InChI is InChI=1S/C13H23NO2/c1-8-13(6,7)16-11(15)14-12(4,5)9-10(2)3/h1,10H,9H2,2-7H3,(H,14,15). The average Bonchev–Trinajstić information content (AvgIpc) is 1.98. The molecular formula is C13H23NO2. The summed E-state index contributed by atoms with van der Waals surface area (Å²) in [6, 6.07) is 0. The molecule has 92 valence electrons. The maximum absolute atomic E-state index is 11.6. The van der Waals surface area contributed by atoms with Crippen LogP contribution in [0.3, 0.4) is 0 Å². The van der Waals surface area contributed by atoms with Gasteiger partial charge in [-0.25, -0.2) is 4.79 Å². The Kier molecular flexibility index (Phi) is 4.86. The Balaban J connectivity index is 4.31. The number of terminal acetylenes is 1. The normalized spacial score (nSPS) is 12.1. The van der Waals surface area contributed by atoms with E-state index in [1.807, 2.05) is 13.8 Å². The molecule has 0 saturated heterocycles. The van der Waals surface area contributed by atoms with Crippen LogP contribution in [0.15, 0.2) is 0 Å². The maximum atomic E-state index is 11.6. The van der Waals surface area contributed by atoms with Crippen molar-refractivity contribution in [3.05, 3.63) is 0 Å². The third-order valence-corrected chi connectivity index (χ3v) is 2.05. The summed E-state index contributed by atoms with van der Waals surface area (Å²) in [6.07, 6.45) is 5.67. The van der Waals surface area contributed by atoms with E-state index in [0.717, 1.165) is 6.42 Å². The van der Waals surface area contributed by atoms with Gasteiger partial charge in [0, 0.05) is 5.54 Å². The topological polar surface area (TPSA) is 38.3 Å². The molecule has 0 aromatic heterocycles. The van der Waals surface area contributed by atoms with Gasteiger partial charge in [-0.1, -0.05) is 19.8 Å². The van der Waals surface area contributed by atoms with E-state index in [1.165, 1.54) is 0 Å². The summed E-state index contributed by atoms with van der Waals surface area (Å²) < 4.78 is 5.12. The Hall–Kier alpha value is -1.17. The van der Waals surface area contributed by atoms with Gasteiger partial charge in [-0.2, -0.15) is 0 Å². The first-order valence-electron chi connectivity index (χ1n) is 5.57. The van der Waals surface area contributed by atoms with E-state index in [0.29, 0.717) is 5.92 Å². The third kappa shape index (κ3) is 6.34. The zero-order chi connectivity index (χ0) is 13.0. The molecule has 0 aliphatic carbocycles. The van der Waals surface area contributed by atoms with Gasteiger partial charge in [0.05, 0.1) is 0 Å². The molecule has 3 heteroatoms. The van der Waals surface area contributed by atoms with Crippen molar-refractivity contribution in [1.29, 1.82) is 0 Å². The first kappa shape index (κ1) is 14.8. The summed E-state index contributed by atoms with van der Waals surface area (Å²) >= 11 is 0. The molecule has 0 fully saturated rings. The van der Waals surface area contributed by atoms with Gasteiger partial charge in [0.1, 0.15) is 0 Å². The number of nitrogens with one attached hydrogen (secondary N) is 1. The molecule has 0 aliphatic heterocycles. The molecule has 0 saturated carbocycles. The number of rotatable bonds is 4. The first-order chi connectivity index (χ1) is 7.08. The van der Waals surface area contributed by atoms with Crippen molar-refractivity contribution in [2.75, 3.05) is 0 Å². The Labute approximate surface area is 98.9 Å². The smallest absolute Gasteiger partial charge is 0.409 e. The van der Waals surface area contributed by atoms with Gasteiger partial charge in [0.2, 0.25) is 0 Å². The van der Waals surface area contributed by atoms with Gasteiger partial charge < -0.3 is 10.1 Å². The molecule has 0 atom stereocenters. The van der Waals surface area contributed by atoms with Gasteiger partial charge in [-0.3, -0.25) is 0 Å². The fraction of sp³-hybridized carbons (Fsp3) is 0.769. The summed E-state index contributed by atoms with van der Waals surface area (Å²) in [5, 5.41) is 2.82. The minimum Gasteiger partial charge on any atom is -0.430 e. The molecule has 0 unspecified atom stereocenters. The lowest BCUT2D eigenvalue weighted by atomic mass is 9.93. The minimum absolute atomic E-state index is 0.282. The lowest BCUT2D eigenvalue weighted by Gasteiger charge is -2.29. The Morgan fingerprint density at radius 1 is 1.38 bits per heavy atom. The van der Waals surface area contributed by atoms with Crippen molar-refractivity contribution in [3.63, 3.8) is 0 Å². The molecule has 0 bridgehead atoms. The number of amides is 1. The summed E-state index contributed by atoms with van der Waals surface area (Å²) in [6.45, 7) is 11.5. The highest BCUT2D eigenvalue weighted by molar-refractivity contribution is 5.69. The summed E-state index contributed by atoms with van der Waals surface area (Å²) in [4.78, 5) is 11.6. The van der Waals surface area contributed by atoms with Crippen molar-refractivity contribution in [3.8, 4) is 12.3 Å². The molecule has 0 aromatic carbocycles. The minimum atomic E-state index is -0.863. The molecule has 0 heterocycles. The van der Waals surface area contributed by atoms with Crippen LogP contribution in [-0.2, 0) is 4.74 Å². The highest BCUT2D eigenvalue weighted by Gasteiger charge is 2.26. The number of carbonyl (C=O) groups is 1. The number of hydrogen-bond donors (Lipinski definition) is 1. The number of carbonyl (C=O) groups excluding carboxylic acids is 1. The predicted molar refractivity (Wildman–Crippen MR) is 66.1 cm³/mol. The lowest BCUT2D eigenvalue weighted by molar-refractivity contribution is 0.0702. The van der Waals surface area contributed by atoms with Crippen molar-refractivity contribution in [2.45, 2.75) is 59.1 Å². The van der Waals surface area contributed by atoms with Crippen molar-refractivity contribution in [1.82, 2.24) is 5.32 Å². The second-order valence-electron chi connectivity index (χ2n) is 5.65. The average molecular weight is 225 g/mol. The van der Waals surface area contributed by atoms with Crippen LogP contribution in [0.25, 0.3) is 0 Å². The van der Waals surface area contributed by atoms with E-state index in [4.69, 9.17) is 11.2 Å². The molecule has 1 N–H and O–H groups in total. The van der Waals surface area contributed by atoms with Gasteiger partial charge in [-0.05, 0) is 40.0 Å². The van der Waals surface area contributed by atoms with Crippen LogP contribution in [0, 0.1) is 18.3 Å². The molecule has 0 aromatic rings. The van der Waals surface area contributed by atoms with E-state index < -0.39 is 11.7 Å². The number of alkyl carbamates (subject to hydrolysis) is 1. The molecule has 0 aliphatic rings. The zero-order valence-corrected chi connectivity index (χ0v) is 11.2. The molecule has 3 nitrogen and oxygen atoms in total. The Morgan fingerprint density at radius 3 is 2.25 bits per heavy atom. The molecule has 0 rings (SSSR count). The molecule has 0 spiro atoms. The van der Waals surface area contributed by atoms with E-state index in [-0.39, 0.29) is 5.54 Å². The van der Waals surface area contributed by atoms with Gasteiger partial charge in [-0.15, -0.1) is 6.42 Å². The molecular weight excluding hydrogens is 202 g/mol. The summed E-state index contributed by atoms with van der Waals surface area (Å²) in [7, 11) is 0. The fourth-order valence-corrected chi connectivity index (χ4v) is 1.63. The quantitative estimate of drug-likeness (QED) is 0.747. The maximum Gasteiger partial charge on any atom is 0.409 e. The van der Waals surface area contributed by atoms with Gasteiger partial charge in [0.15, 0.2) is 5.60 Å². The largest absolute Gasteiger partial charge is 0.430 e. The zero-order valence-electron chi connectivity index (χ0n) is 11.2. The van der Waals surface area contributed by atoms with Crippen LogP contribution < -0.4 is 5.32 Å². The predicted octanol–water partition coefficient (Wildman–Crippen LogP) is 2.95. The number of ether oxygens (including phenoxy) is 1. The van der Waals surface area contributed by atoms with Crippen LogP contribution in [0.4, 0.5) is 4.79 Å². The van der Waals surface area contributed by atoms with Crippen molar-refractivity contribution < 1.29 is 9.53 Å². The van der Waals surface area contributed by atoms with Gasteiger partial charge in [0.25, 0.3) is 0 Å². The van der Waals surface area contributed by atoms with E-state index in [9.17, 15) is 4.79 Å². The van der Waals surface area contributed by atoms with E-state index >= 15 is 0 Å². The van der Waals surface area contributed by atoms with Crippen LogP contribution >= 0.6 is 0 Å². The second-order valence-corrected chi connectivity index (χ2v) is 5.65. The first-order valence-corrected chi connectivity index (χ1v) is 5.57. The molecule has 0 radical (unpaired) electrons. The molecule has 16 heavy (non-hydrogen) atoms. The number of hydrogen-bond acceptors (Lipinski definition) is 2. The van der Waals surface area contributed by atoms with E-state index in [2.05, 4.69) is 25.1 Å². The lowest BCUT2D eigenvalue weighted by Crippen LogP contribution is -2.46. The third-order valence-electron chi connectivity index (χ3n) is 2.05. The van der Waals surface area contributed by atoms with Crippen LogP contribution in [0.5, 0.6) is 0 Å². The summed E-state index contributed by atoms with van der Waals surface area (Å²) in [5.74, 6) is 2.93. The van der Waals surface area contributed by atoms with Crippen molar-refractivity contribution in [2.24, 2.45) is 5.92 Å². The Morgan fingerprint density at radius 2 is 1.88 bits per heavy atom. The SMILES string of the molecule is C#CC(C)(C)OC(=O)NC(C)(C)CC(C)C. The van der Waals surface area contributed by atoms with Crippen LogP contribution in [-0.4, -0.2) is 17.2 Å². The van der Waals surface area contributed by atoms with Crippen LogP contribution in [0.2, 0.25) is 0 Å². The highest BCUT2D eigenvalue weighted by Crippen LogP contribution is 2.16. The summed E-state index contributed by atoms with van der Waals surface area (Å²) in [5.41, 5.74) is -1.14. The fourth-order valence-electron chi connectivity index (χ4n) is 1.63. The monoisotopic (exact) mass is 225 g/mol. The second kappa shape index (κ2) is 5.25. The highest BCUT2D eigenvalue weighted by atomic mass is 16.6. The Bertz CT molecular complexity index is 285. The van der Waals surface area contributed by atoms with Gasteiger partial charge >= 0.3 is 6.09 Å². The molecule has 1 amide bonds. The van der Waals surface area contributed by atoms with Crippen LogP contribution in [0.1, 0.15) is 48.0 Å². The van der Waals surface area contributed by atoms with Crippen molar-refractivity contribution >= 4 is 6.09 Å².